The fourth-order valence-electron chi connectivity index (χ4n) is 1.73. The van der Waals surface area contributed by atoms with Crippen LogP contribution >= 0.6 is 0 Å². The predicted octanol–water partition coefficient (Wildman–Crippen LogP) is 2.14. The van der Waals surface area contributed by atoms with Gasteiger partial charge in [0.2, 0.25) is 0 Å². The number of benzene rings is 1. The number of hydrogen-bond donors (Lipinski definition) is 1. The maximum Gasteiger partial charge on any atom is 0.147 e. The lowest BCUT2D eigenvalue weighted by Gasteiger charge is -2.12. The van der Waals surface area contributed by atoms with E-state index in [-0.39, 0.29) is 11.6 Å². The maximum absolute atomic E-state index is 13.2. The second kappa shape index (κ2) is 8.21. The monoisotopic (exact) mass is 303 g/mol. The van der Waals surface area contributed by atoms with Crippen LogP contribution < -0.4 is 10.1 Å². The molecular weight excluding hydrogens is 281 g/mol. The van der Waals surface area contributed by atoms with Gasteiger partial charge in [0, 0.05) is 18.4 Å². The highest BCUT2D eigenvalue weighted by atomic mass is 32.2. The molecule has 1 aromatic carbocycles. The summed E-state index contributed by atoms with van der Waals surface area (Å²) in [6.45, 7) is 3.75. The van der Waals surface area contributed by atoms with Crippen molar-refractivity contribution in [1.29, 1.82) is 0 Å². The number of rotatable bonds is 9. The lowest BCUT2D eigenvalue weighted by atomic mass is 10.2. The molecule has 0 aliphatic heterocycles. The van der Waals surface area contributed by atoms with E-state index < -0.39 is 9.84 Å². The summed E-state index contributed by atoms with van der Waals surface area (Å²) in [5.41, 5.74) is 0.748. The summed E-state index contributed by atoms with van der Waals surface area (Å²) < 4.78 is 40.8. The van der Waals surface area contributed by atoms with Gasteiger partial charge < -0.3 is 10.1 Å². The molecule has 0 fully saturated rings. The summed E-state index contributed by atoms with van der Waals surface area (Å²) in [6, 6.07) is 4.36. The Morgan fingerprint density at radius 3 is 2.75 bits per heavy atom. The van der Waals surface area contributed by atoms with E-state index in [1.807, 2.05) is 0 Å². The molecule has 0 bridgehead atoms. The minimum Gasteiger partial charge on any atom is -0.493 e. The Kier molecular flexibility index (Phi) is 6.95. The second-order valence-electron chi connectivity index (χ2n) is 4.76. The summed E-state index contributed by atoms with van der Waals surface area (Å²) in [5.74, 6) is 0.391. The zero-order valence-corrected chi connectivity index (χ0v) is 12.8. The van der Waals surface area contributed by atoms with Gasteiger partial charge in [0.1, 0.15) is 21.4 Å². The van der Waals surface area contributed by atoms with E-state index in [1.165, 1.54) is 18.4 Å². The second-order valence-corrected chi connectivity index (χ2v) is 7.02. The predicted molar refractivity (Wildman–Crippen MR) is 78.2 cm³/mol. The van der Waals surface area contributed by atoms with E-state index in [9.17, 15) is 12.8 Å². The van der Waals surface area contributed by atoms with Crippen LogP contribution in [0, 0.1) is 5.82 Å². The molecule has 20 heavy (non-hydrogen) atoms. The van der Waals surface area contributed by atoms with Crippen molar-refractivity contribution in [2.75, 3.05) is 25.2 Å². The Labute approximate surface area is 120 Å². The molecule has 1 N–H and O–H groups in total. The third-order valence-corrected chi connectivity index (χ3v) is 3.71. The molecule has 6 heteroatoms. The van der Waals surface area contributed by atoms with E-state index in [0.717, 1.165) is 18.5 Å². The van der Waals surface area contributed by atoms with Crippen molar-refractivity contribution in [2.24, 2.45) is 0 Å². The molecule has 1 aromatic rings. The molecule has 0 unspecified atom stereocenters. The summed E-state index contributed by atoms with van der Waals surface area (Å²) in [5, 5.41) is 3.19. The number of nitrogens with one attached hydrogen (secondary N) is 1. The molecular formula is C14H22FNO3S. The minimum atomic E-state index is -2.97. The first-order chi connectivity index (χ1) is 9.42. The normalized spacial score (nSPS) is 11.6. The molecule has 114 valence electrons. The van der Waals surface area contributed by atoms with Gasteiger partial charge in [-0.2, -0.15) is 0 Å². The van der Waals surface area contributed by atoms with Gasteiger partial charge in [-0.1, -0.05) is 6.92 Å². The van der Waals surface area contributed by atoms with Crippen LogP contribution in [0.2, 0.25) is 0 Å². The third-order valence-electron chi connectivity index (χ3n) is 2.68. The number of sulfone groups is 1. The summed E-state index contributed by atoms with van der Waals surface area (Å²) in [4.78, 5) is 0. The Balaban J connectivity index is 2.55. The topological polar surface area (TPSA) is 55.4 Å². The van der Waals surface area contributed by atoms with Crippen LogP contribution in [-0.2, 0) is 16.4 Å². The zero-order chi connectivity index (χ0) is 15.0. The molecule has 0 aliphatic rings. The molecule has 1 rings (SSSR count). The van der Waals surface area contributed by atoms with Gasteiger partial charge in [-0.05, 0) is 37.6 Å². The van der Waals surface area contributed by atoms with E-state index >= 15 is 0 Å². The van der Waals surface area contributed by atoms with Crippen molar-refractivity contribution in [3.8, 4) is 5.75 Å². The zero-order valence-electron chi connectivity index (χ0n) is 12.0. The molecule has 0 aliphatic carbocycles. The maximum atomic E-state index is 13.2. The first-order valence-corrected chi connectivity index (χ1v) is 8.78. The van der Waals surface area contributed by atoms with Crippen LogP contribution in [0.3, 0.4) is 0 Å². The SMILES string of the molecule is CCCNCc1cc(F)ccc1OCCCS(C)(=O)=O. The van der Waals surface area contributed by atoms with Gasteiger partial charge in [-0.3, -0.25) is 0 Å². The van der Waals surface area contributed by atoms with Crippen molar-refractivity contribution in [2.45, 2.75) is 26.3 Å². The quantitative estimate of drug-likeness (QED) is 0.710. The number of halogens is 1. The molecule has 0 radical (unpaired) electrons. The van der Waals surface area contributed by atoms with Crippen LogP contribution in [0.5, 0.6) is 5.75 Å². The highest BCUT2D eigenvalue weighted by Gasteiger charge is 2.07. The lowest BCUT2D eigenvalue weighted by Crippen LogP contribution is -2.15. The fourth-order valence-corrected chi connectivity index (χ4v) is 2.37. The van der Waals surface area contributed by atoms with Crippen LogP contribution in [0.4, 0.5) is 4.39 Å². The smallest absolute Gasteiger partial charge is 0.147 e. The average molecular weight is 303 g/mol. The highest BCUT2D eigenvalue weighted by molar-refractivity contribution is 7.90. The van der Waals surface area contributed by atoms with E-state index in [1.54, 1.807) is 6.07 Å². The number of ether oxygens (including phenoxy) is 1. The largest absolute Gasteiger partial charge is 0.493 e. The fraction of sp³-hybridized carbons (Fsp3) is 0.571. The highest BCUT2D eigenvalue weighted by Crippen LogP contribution is 2.20. The van der Waals surface area contributed by atoms with Gasteiger partial charge >= 0.3 is 0 Å². The van der Waals surface area contributed by atoms with Crippen molar-refractivity contribution in [3.05, 3.63) is 29.6 Å². The third kappa shape index (κ3) is 6.86. The van der Waals surface area contributed by atoms with Gasteiger partial charge in [0.15, 0.2) is 0 Å². The van der Waals surface area contributed by atoms with Crippen molar-refractivity contribution in [1.82, 2.24) is 5.32 Å². The van der Waals surface area contributed by atoms with Crippen LogP contribution in [0.25, 0.3) is 0 Å². The molecule has 0 atom stereocenters. The van der Waals surface area contributed by atoms with Crippen LogP contribution in [-0.4, -0.2) is 33.6 Å². The first kappa shape index (κ1) is 16.9. The lowest BCUT2D eigenvalue weighted by molar-refractivity contribution is 0.313. The molecule has 4 nitrogen and oxygen atoms in total. The summed E-state index contributed by atoms with van der Waals surface area (Å²) in [7, 11) is -2.97. The number of hydrogen-bond acceptors (Lipinski definition) is 4. The van der Waals surface area contributed by atoms with Gasteiger partial charge in [0.25, 0.3) is 0 Å². The standard InChI is InChI=1S/C14H22FNO3S/c1-3-7-16-11-12-10-13(15)5-6-14(12)19-8-4-9-20(2,17)18/h5-6,10,16H,3-4,7-9,11H2,1-2H3. The summed E-state index contributed by atoms with van der Waals surface area (Å²) in [6.07, 6.45) is 2.63. The van der Waals surface area contributed by atoms with E-state index in [0.29, 0.717) is 25.3 Å². The van der Waals surface area contributed by atoms with E-state index in [2.05, 4.69) is 12.2 Å². The van der Waals surface area contributed by atoms with Crippen molar-refractivity contribution < 1.29 is 17.5 Å². The van der Waals surface area contributed by atoms with Gasteiger partial charge in [0.05, 0.1) is 12.4 Å². The summed E-state index contributed by atoms with van der Waals surface area (Å²) >= 11 is 0. The minimum absolute atomic E-state index is 0.0949. The Morgan fingerprint density at radius 1 is 1.35 bits per heavy atom. The van der Waals surface area contributed by atoms with Gasteiger partial charge in [-0.15, -0.1) is 0 Å². The van der Waals surface area contributed by atoms with Crippen LogP contribution in [0.1, 0.15) is 25.3 Å². The average Bonchev–Trinajstić information content (AvgIpc) is 2.36. The molecule has 0 saturated heterocycles. The van der Waals surface area contributed by atoms with E-state index in [4.69, 9.17) is 4.74 Å². The molecule has 0 spiro atoms. The Hall–Kier alpha value is -1.14. The van der Waals surface area contributed by atoms with Crippen molar-refractivity contribution >= 4 is 9.84 Å². The first-order valence-electron chi connectivity index (χ1n) is 6.72. The Bertz CT molecular complexity index is 517. The van der Waals surface area contributed by atoms with Gasteiger partial charge in [-0.25, -0.2) is 12.8 Å². The molecule has 0 amide bonds. The molecule has 0 saturated carbocycles. The van der Waals surface area contributed by atoms with Crippen LogP contribution in [0.15, 0.2) is 18.2 Å². The van der Waals surface area contributed by atoms with Crippen molar-refractivity contribution in [3.63, 3.8) is 0 Å². The Morgan fingerprint density at radius 2 is 2.10 bits per heavy atom. The molecule has 0 heterocycles. The molecule has 0 aromatic heterocycles.